The summed E-state index contributed by atoms with van der Waals surface area (Å²) in [7, 11) is 0. The Hall–Kier alpha value is -1.82. The molecule has 0 bridgehead atoms. The van der Waals surface area contributed by atoms with Crippen molar-refractivity contribution in [1.82, 2.24) is 15.5 Å². The minimum Gasteiger partial charge on any atom is -0.315 e. The first-order valence-electron chi connectivity index (χ1n) is 11.8. The summed E-state index contributed by atoms with van der Waals surface area (Å²) in [5.41, 5.74) is 4.64. The molecule has 3 nitrogen and oxygen atoms in total. The second-order valence-corrected chi connectivity index (χ2v) is 10.2. The molecule has 5 heteroatoms. The smallest absolute Gasteiger partial charge is 0.281 e. The molecule has 0 radical (unpaired) electrons. The number of nitrogens with one attached hydrogen (secondary N) is 2. The van der Waals surface area contributed by atoms with Gasteiger partial charge in [-0.15, -0.1) is 0 Å². The first-order valence-corrected chi connectivity index (χ1v) is 11.8. The molecular weight excluding hydrogens is 404 g/mol. The number of rotatable bonds is 8. The van der Waals surface area contributed by atoms with E-state index in [0.717, 1.165) is 37.3 Å². The summed E-state index contributed by atoms with van der Waals surface area (Å²) in [6, 6.07) is 7.01. The maximum Gasteiger partial charge on any atom is 0.281 e. The van der Waals surface area contributed by atoms with Crippen molar-refractivity contribution < 1.29 is 8.78 Å². The number of fused-ring (bicyclic) bond motifs is 1. The SMILES string of the molecule is C=C/C(=C\C=C(/C)C(F)(F)CNCc1ccc2c(c1)CN(C1CCCNC1)C2)C(C)(C)C. The summed E-state index contributed by atoms with van der Waals surface area (Å²) < 4.78 is 29.3. The lowest BCUT2D eigenvalue weighted by Gasteiger charge is -2.31. The molecule has 0 saturated carbocycles. The summed E-state index contributed by atoms with van der Waals surface area (Å²) in [5, 5.41) is 6.46. The number of hydrogen-bond acceptors (Lipinski definition) is 3. The van der Waals surface area contributed by atoms with Gasteiger partial charge in [-0.25, -0.2) is 8.78 Å². The lowest BCUT2D eigenvalue weighted by Crippen LogP contribution is -2.43. The van der Waals surface area contributed by atoms with Gasteiger partial charge in [-0.1, -0.05) is 63.8 Å². The maximum atomic E-state index is 14.6. The van der Waals surface area contributed by atoms with Crippen LogP contribution in [0.5, 0.6) is 0 Å². The van der Waals surface area contributed by atoms with E-state index in [2.05, 4.69) is 40.3 Å². The normalized spacial score (nSPS) is 21.0. The number of nitrogens with zero attached hydrogens (tertiary/aromatic N) is 1. The monoisotopic (exact) mass is 443 g/mol. The molecule has 1 saturated heterocycles. The van der Waals surface area contributed by atoms with Crippen molar-refractivity contribution in [2.45, 2.75) is 72.1 Å². The largest absolute Gasteiger partial charge is 0.315 e. The molecule has 2 N–H and O–H groups in total. The van der Waals surface area contributed by atoms with Crippen molar-refractivity contribution in [3.63, 3.8) is 0 Å². The molecular formula is C27H39F2N3. The van der Waals surface area contributed by atoms with E-state index >= 15 is 0 Å². The molecule has 1 aromatic carbocycles. The van der Waals surface area contributed by atoms with Crippen LogP contribution in [0, 0.1) is 5.41 Å². The third-order valence-electron chi connectivity index (χ3n) is 6.66. The predicted molar refractivity (Wildman–Crippen MR) is 130 cm³/mol. The highest BCUT2D eigenvalue weighted by Gasteiger charge is 2.31. The third-order valence-corrected chi connectivity index (χ3v) is 6.66. The van der Waals surface area contributed by atoms with Crippen molar-refractivity contribution in [3.8, 4) is 0 Å². The first kappa shape index (κ1) is 24.8. The molecule has 1 unspecified atom stereocenters. The summed E-state index contributed by atoms with van der Waals surface area (Å²) >= 11 is 0. The van der Waals surface area contributed by atoms with Crippen LogP contribution in [0.2, 0.25) is 0 Å². The summed E-state index contributed by atoms with van der Waals surface area (Å²) in [5.74, 6) is -2.90. The van der Waals surface area contributed by atoms with Gasteiger partial charge in [-0.3, -0.25) is 4.90 Å². The topological polar surface area (TPSA) is 27.3 Å². The van der Waals surface area contributed by atoms with Gasteiger partial charge in [0, 0.05) is 32.2 Å². The molecule has 0 spiro atoms. The Balaban J connectivity index is 1.55. The molecule has 0 aliphatic carbocycles. The number of benzene rings is 1. The second kappa shape index (κ2) is 10.4. The van der Waals surface area contributed by atoms with Crippen LogP contribution >= 0.6 is 0 Å². The van der Waals surface area contributed by atoms with Gasteiger partial charge in [0.25, 0.3) is 5.92 Å². The van der Waals surface area contributed by atoms with E-state index in [1.54, 1.807) is 12.2 Å². The van der Waals surface area contributed by atoms with Crippen molar-refractivity contribution in [1.29, 1.82) is 0 Å². The molecule has 32 heavy (non-hydrogen) atoms. The van der Waals surface area contributed by atoms with Gasteiger partial charge < -0.3 is 10.6 Å². The fraction of sp³-hybridized carbons (Fsp3) is 0.556. The van der Waals surface area contributed by atoms with Crippen LogP contribution in [0.1, 0.15) is 57.2 Å². The Bertz CT molecular complexity index is 858. The number of alkyl halides is 2. The van der Waals surface area contributed by atoms with Crippen LogP contribution in [-0.4, -0.2) is 36.5 Å². The molecule has 2 aliphatic rings. The Morgan fingerprint density at radius 2 is 1.97 bits per heavy atom. The molecule has 1 fully saturated rings. The lowest BCUT2D eigenvalue weighted by atomic mass is 9.86. The van der Waals surface area contributed by atoms with Crippen molar-refractivity contribution in [3.05, 3.63) is 70.8 Å². The fourth-order valence-corrected chi connectivity index (χ4v) is 4.45. The average molecular weight is 444 g/mol. The molecule has 1 atom stereocenters. The highest BCUT2D eigenvalue weighted by Crippen LogP contribution is 2.29. The number of allylic oxidation sites excluding steroid dienone is 4. The maximum absolute atomic E-state index is 14.6. The van der Waals surface area contributed by atoms with Crippen LogP contribution in [-0.2, 0) is 19.6 Å². The Morgan fingerprint density at radius 1 is 1.22 bits per heavy atom. The van der Waals surface area contributed by atoms with E-state index < -0.39 is 5.92 Å². The first-order chi connectivity index (χ1) is 15.1. The zero-order valence-electron chi connectivity index (χ0n) is 20.1. The van der Waals surface area contributed by atoms with E-state index in [0.29, 0.717) is 12.6 Å². The second-order valence-electron chi connectivity index (χ2n) is 10.2. The van der Waals surface area contributed by atoms with Crippen LogP contribution in [0.3, 0.4) is 0 Å². The number of halogens is 2. The molecule has 0 aromatic heterocycles. The summed E-state index contributed by atoms with van der Waals surface area (Å²) in [4.78, 5) is 2.54. The minimum absolute atomic E-state index is 0.0549. The van der Waals surface area contributed by atoms with E-state index in [4.69, 9.17) is 0 Å². The molecule has 1 aromatic rings. The number of hydrogen-bond donors (Lipinski definition) is 2. The fourth-order valence-electron chi connectivity index (χ4n) is 4.45. The standard InChI is InChI=1S/C27H39F2N3/c1-6-24(26(3,4)5)12-9-20(2)27(28,29)19-31-15-21-10-11-22-17-32(18-23(22)14-21)25-8-7-13-30-16-25/h6,9-12,14,25,30-31H,1,7-8,13,15-19H2,2-5H3/b20-9+,24-12+. The Morgan fingerprint density at radius 3 is 2.62 bits per heavy atom. The summed E-state index contributed by atoms with van der Waals surface area (Å²) in [6.07, 6.45) is 7.49. The lowest BCUT2D eigenvalue weighted by molar-refractivity contribution is 0.0416. The number of piperidine rings is 1. The van der Waals surface area contributed by atoms with Gasteiger partial charge in [0.2, 0.25) is 0 Å². The molecule has 176 valence electrons. The van der Waals surface area contributed by atoms with E-state index in [9.17, 15) is 8.78 Å². The van der Waals surface area contributed by atoms with Crippen molar-refractivity contribution >= 4 is 0 Å². The molecule has 2 aliphatic heterocycles. The molecule has 0 amide bonds. The van der Waals surface area contributed by atoms with Gasteiger partial charge in [0.05, 0.1) is 6.54 Å². The van der Waals surface area contributed by atoms with Crippen LogP contribution in [0.25, 0.3) is 0 Å². The van der Waals surface area contributed by atoms with E-state index in [1.807, 2.05) is 20.8 Å². The Labute approximate surface area is 192 Å². The van der Waals surface area contributed by atoms with Gasteiger partial charge in [0.1, 0.15) is 0 Å². The zero-order valence-corrected chi connectivity index (χ0v) is 20.1. The van der Waals surface area contributed by atoms with Crippen LogP contribution in [0.15, 0.2) is 54.2 Å². The van der Waals surface area contributed by atoms with Gasteiger partial charge in [-0.2, -0.15) is 0 Å². The van der Waals surface area contributed by atoms with Crippen LogP contribution in [0.4, 0.5) is 8.78 Å². The average Bonchev–Trinajstić information content (AvgIpc) is 3.17. The van der Waals surface area contributed by atoms with E-state index in [-0.39, 0.29) is 17.5 Å². The van der Waals surface area contributed by atoms with Crippen LogP contribution < -0.4 is 10.6 Å². The van der Waals surface area contributed by atoms with E-state index in [1.165, 1.54) is 37.0 Å². The third kappa shape index (κ3) is 6.37. The highest BCUT2D eigenvalue weighted by atomic mass is 19.3. The quantitative estimate of drug-likeness (QED) is 0.513. The van der Waals surface area contributed by atoms with Gasteiger partial charge >= 0.3 is 0 Å². The predicted octanol–water partition coefficient (Wildman–Crippen LogP) is 5.58. The minimum atomic E-state index is -2.90. The zero-order chi connectivity index (χ0) is 23.4. The molecule has 3 rings (SSSR count). The van der Waals surface area contributed by atoms with Crippen molar-refractivity contribution in [2.24, 2.45) is 5.41 Å². The van der Waals surface area contributed by atoms with Crippen molar-refractivity contribution in [2.75, 3.05) is 19.6 Å². The summed E-state index contributed by atoms with van der Waals surface area (Å²) in [6.45, 7) is 15.6. The Kier molecular flexibility index (Phi) is 8.07. The molecule has 2 heterocycles. The highest BCUT2D eigenvalue weighted by molar-refractivity contribution is 5.35. The van der Waals surface area contributed by atoms with Gasteiger partial charge in [0.15, 0.2) is 0 Å². The van der Waals surface area contributed by atoms with Gasteiger partial charge in [-0.05, 0) is 59.6 Å².